The number of carbonyl (C=O) groups excluding carboxylic acids is 1. The van der Waals surface area contributed by atoms with Gasteiger partial charge in [-0.1, -0.05) is 17.7 Å². The second-order valence-corrected chi connectivity index (χ2v) is 11.8. The Kier molecular flexibility index (Phi) is 7.25. The van der Waals surface area contributed by atoms with E-state index in [1.54, 1.807) is 24.3 Å². The van der Waals surface area contributed by atoms with Gasteiger partial charge in [-0.3, -0.25) is 4.79 Å². The maximum absolute atomic E-state index is 12.8. The van der Waals surface area contributed by atoms with E-state index < -0.39 is 25.8 Å². The van der Waals surface area contributed by atoms with Crippen LogP contribution in [0, 0.1) is 0 Å². The van der Waals surface area contributed by atoms with Crippen molar-refractivity contribution < 1.29 is 26.4 Å². The Hall–Kier alpha value is -2.14. The number of carbonyl (C=O) groups is 1. The number of halogens is 1. The molecule has 0 spiro atoms. The second kappa shape index (κ2) is 9.56. The van der Waals surface area contributed by atoms with Crippen LogP contribution in [0.3, 0.4) is 0 Å². The lowest BCUT2D eigenvalue weighted by atomic mass is 10.2. The number of hydrogen-bond acceptors (Lipinski definition) is 6. The summed E-state index contributed by atoms with van der Waals surface area (Å²) in [5, 5.41) is 2.79. The Labute approximate surface area is 187 Å². The Bertz CT molecular complexity index is 1180. The van der Waals surface area contributed by atoms with Crippen molar-refractivity contribution in [1.29, 1.82) is 0 Å². The lowest BCUT2D eigenvalue weighted by molar-refractivity contribution is 0.102. The zero-order chi connectivity index (χ0) is 22.6. The summed E-state index contributed by atoms with van der Waals surface area (Å²) in [7, 11) is -6.84. The van der Waals surface area contributed by atoms with Gasteiger partial charge in [0.25, 0.3) is 5.91 Å². The molecule has 2 aromatic carbocycles. The summed E-state index contributed by atoms with van der Waals surface area (Å²) in [5.74, 6) is -0.313. The van der Waals surface area contributed by atoms with Gasteiger partial charge < -0.3 is 10.1 Å². The van der Waals surface area contributed by atoms with Crippen molar-refractivity contribution in [3.05, 3.63) is 53.1 Å². The molecule has 0 aliphatic carbocycles. The lowest BCUT2D eigenvalue weighted by Gasteiger charge is -2.16. The topological polar surface area (TPSA) is 110 Å². The van der Waals surface area contributed by atoms with Gasteiger partial charge in [0.2, 0.25) is 10.0 Å². The fourth-order valence-corrected chi connectivity index (χ4v) is 5.22. The smallest absolute Gasteiger partial charge is 0.257 e. The number of anilines is 1. The molecular formula is C20H23ClN2O6S2. The highest BCUT2D eigenvalue weighted by Gasteiger charge is 2.28. The Morgan fingerprint density at radius 1 is 1.10 bits per heavy atom. The molecule has 11 heteroatoms. The Balaban J connectivity index is 1.75. The second-order valence-electron chi connectivity index (χ2n) is 7.21. The average molecular weight is 487 g/mol. The van der Waals surface area contributed by atoms with E-state index in [1.165, 1.54) is 22.5 Å². The quantitative estimate of drug-likeness (QED) is 0.614. The van der Waals surface area contributed by atoms with Gasteiger partial charge in [-0.2, -0.15) is 4.31 Å². The summed E-state index contributed by atoms with van der Waals surface area (Å²) in [4.78, 5) is 12.8. The van der Waals surface area contributed by atoms with E-state index in [1.807, 2.05) is 0 Å². The van der Waals surface area contributed by atoms with Crippen LogP contribution in [0.4, 0.5) is 5.69 Å². The van der Waals surface area contributed by atoms with E-state index in [4.69, 9.17) is 16.3 Å². The van der Waals surface area contributed by atoms with Crippen LogP contribution in [0.15, 0.2) is 47.4 Å². The molecule has 168 valence electrons. The van der Waals surface area contributed by atoms with Crippen molar-refractivity contribution >= 4 is 43.1 Å². The predicted molar refractivity (Wildman–Crippen MR) is 119 cm³/mol. The molecule has 31 heavy (non-hydrogen) atoms. The normalized spacial score (nSPS) is 15.0. The molecule has 0 bridgehead atoms. The number of amides is 1. The van der Waals surface area contributed by atoms with E-state index in [0.29, 0.717) is 24.5 Å². The van der Waals surface area contributed by atoms with Gasteiger partial charge >= 0.3 is 0 Å². The number of hydrogen-bond donors (Lipinski definition) is 1. The highest BCUT2D eigenvalue weighted by molar-refractivity contribution is 7.90. The number of benzene rings is 2. The number of nitrogens with zero attached hydrogens (tertiary/aromatic N) is 1. The SMILES string of the molecule is CS(=O)(=O)CCOc1cccc(NC(=O)c2cc(S(=O)(=O)N3CCCC3)ccc2Cl)c1. The molecule has 1 heterocycles. The minimum atomic E-state index is -3.69. The van der Waals surface area contributed by atoms with Gasteiger partial charge in [-0.05, 0) is 43.2 Å². The minimum absolute atomic E-state index is 0.0154. The fraction of sp³-hybridized carbons (Fsp3) is 0.350. The molecule has 1 amide bonds. The van der Waals surface area contributed by atoms with E-state index in [0.717, 1.165) is 19.1 Å². The summed E-state index contributed by atoms with van der Waals surface area (Å²) in [5.41, 5.74) is 0.427. The van der Waals surface area contributed by atoms with Crippen LogP contribution in [0.25, 0.3) is 0 Å². The highest BCUT2D eigenvalue weighted by Crippen LogP contribution is 2.26. The van der Waals surface area contributed by atoms with Crippen LogP contribution in [0.1, 0.15) is 23.2 Å². The number of rotatable bonds is 8. The molecule has 1 aliphatic heterocycles. The third kappa shape index (κ3) is 6.19. The third-order valence-electron chi connectivity index (χ3n) is 4.70. The predicted octanol–water partition coefficient (Wildman–Crippen LogP) is 2.80. The summed E-state index contributed by atoms with van der Waals surface area (Å²) < 4.78 is 54.8. The lowest BCUT2D eigenvalue weighted by Crippen LogP contribution is -2.28. The van der Waals surface area contributed by atoms with Gasteiger partial charge in [-0.15, -0.1) is 0 Å². The van der Waals surface area contributed by atoms with Crippen LogP contribution >= 0.6 is 11.6 Å². The van der Waals surface area contributed by atoms with Crippen molar-refractivity contribution in [2.75, 3.05) is 37.0 Å². The third-order valence-corrected chi connectivity index (χ3v) is 7.83. The van der Waals surface area contributed by atoms with Crippen molar-refractivity contribution in [1.82, 2.24) is 4.31 Å². The minimum Gasteiger partial charge on any atom is -0.492 e. The van der Waals surface area contributed by atoms with Crippen molar-refractivity contribution in [2.24, 2.45) is 0 Å². The van der Waals surface area contributed by atoms with Crippen LogP contribution in [0.2, 0.25) is 5.02 Å². The fourth-order valence-electron chi connectivity index (χ4n) is 3.09. The standard InChI is InChI=1S/C20H23ClN2O6S2/c1-30(25,26)12-11-29-16-6-4-5-15(13-16)22-20(24)18-14-17(7-8-19(18)21)31(27,28)23-9-2-3-10-23/h4-8,13-14H,2-3,9-12H2,1H3,(H,22,24). The van der Waals surface area contributed by atoms with Crippen molar-refractivity contribution in [2.45, 2.75) is 17.7 Å². The number of sulfone groups is 1. The summed E-state index contributed by atoms with van der Waals surface area (Å²) >= 11 is 6.16. The molecule has 3 rings (SSSR count). The van der Waals surface area contributed by atoms with Gasteiger partial charge in [0.15, 0.2) is 9.84 Å². The monoisotopic (exact) mass is 486 g/mol. The van der Waals surface area contributed by atoms with Gasteiger partial charge in [0, 0.05) is 31.1 Å². The first-order valence-electron chi connectivity index (χ1n) is 9.58. The molecule has 0 aromatic heterocycles. The van der Waals surface area contributed by atoms with Crippen LogP contribution in [-0.2, 0) is 19.9 Å². The van der Waals surface area contributed by atoms with Gasteiger partial charge in [0.05, 0.1) is 21.2 Å². The molecule has 2 aromatic rings. The van der Waals surface area contributed by atoms with Crippen molar-refractivity contribution in [3.8, 4) is 5.75 Å². The largest absolute Gasteiger partial charge is 0.492 e. The summed E-state index contributed by atoms with van der Waals surface area (Å²) in [6, 6.07) is 10.5. The summed E-state index contributed by atoms with van der Waals surface area (Å²) in [6.45, 7) is 0.899. The zero-order valence-corrected chi connectivity index (χ0v) is 19.3. The molecule has 8 nitrogen and oxygen atoms in total. The molecule has 1 aliphatic rings. The zero-order valence-electron chi connectivity index (χ0n) is 16.9. The average Bonchev–Trinajstić information content (AvgIpc) is 3.23. The first kappa shape index (κ1) is 23.5. The molecule has 0 atom stereocenters. The van der Waals surface area contributed by atoms with E-state index in [-0.39, 0.29) is 27.8 Å². The Morgan fingerprint density at radius 3 is 2.48 bits per heavy atom. The van der Waals surface area contributed by atoms with Crippen molar-refractivity contribution in [3.63, 3.8) is 0 Å². The molecule has 1 N–H and O–H groups in total. The number of nitrogens with one attached hydrogen (secondary N) is 1. The molecule has 0 radical (unpaired) electrons. The van der Waals surface area contributed by atoms with E-state index >= 15 is 0 Å². The number of ether oxygens (including phenoxy) is 1. The first-order chi connectivity index (χ1) is 14.6. The summed E-state index contributed by atoms with van der Waals surface area (Å²) in [6.07, 6.45) is 2.74. The number of sulfonamides is 1. The molecular weight excluding hydrogens is 464 g/mol. The van der Waals surface area contributed by atoms with E-state index in [9.17, 15) is 21.6 Å². The maximum atomic E-state index is 12.8. The van der Waals surface area contributed by atoms with Gasteiger partial charge in [-0.25, -0.2) is 16.8 Å². The maximum Gasteiger partial charge on any atom is 0.257 e. The molecule has 1 fully saturated rings. The van der Waals surface area contributed by atoms with Crippen LogP contribution < -0.4 is 10.1 Å². The molecule has 0 unspecified atom stereocenters. The van der Waals surface area contributed by atoms with Crippen LogP contribution in [-0.4, -0.2) is 58.8 Å². The molecule has 1 saturated heterocycles. The van der Waals surface area contributed by atoms with E-state index in [2.05, 4.69) is 5.32 Å². The Morgan fingerprint density at radius 2 is 1.81 bits per heavy atom. The highest BCUT2D eigenvalue weighted by atomic mass is 35.5. The van der Waals surface area contributed by atoms with Crippen LogP contribution in [0.5, 0.6) is 5.75 Å². The van der Waals surface area contributed by atoms with Gasteiger partial charge in [0.1, 0.15) is 12.4 Å². The first-order valence-corrected chi connectivity index (χ1v) is 13.5. The molecule has 0 saturated carbocycles.